The van der Waals surface area contributed by atoms with Crippen molar-refractivity contribution in [1.82, 2.24) is 10.2 Å². The van der Waals surface area contributed by atoms with E-state index < -0.39 is 35.4 Å². The van der Waals surface area contributed by atoms with Gasteiger partial charge < -0.3 is 32.5 Å². The number of nitrogens with one attached hydrogen (secondary N) is 1. The fraction of sp³-hybridized carbons (Fsp3) is 0.553. The van der Waals surface area contributed by atoms with Gasteiger partial charge in [-0.3, -0.25) is 24.0 Å². The Morgan fingerprint density at radius 2 is 1.49 bits per heavy atom. The van der Waals surface area contributed by atoms with Crippen LogP contribution in [0.4, 0.5) is 0 Å². The smallest absolute Gasteiger partial charge is 0.323 e. The van der Waals surface area contributed by atoms with Gasteiger partial charge >= 0.3 is 5.97 Å². The molecule has 0 aromatic heterocycles. The summed E-state index contributed by atoms with van der Waals surface area (Å²) in [5, 5.41) is 12.5. The van der Waals surface area contributed by atoms with Crippen LogP contribution in [0.15, 0.2) is 60.7 Å². The molecule has 0 bridgehead atoms. The largest absolute Gasteiger partial charge is 0.480 e. The average Bonchev–Trinajstić information content (AvgIpc) is 3.07. The molecular formula is C38H55N5O6. The number of rotatable bonds is 20. The van der Waals surface area contributed by atoms with Gasteiger partial charge in [-0.25, -0.2) is 0 Å². The Balaban J connectivity index is 1.76. The Kier molecular flexibility index (Phi) is 15.6. The summed E-state index contributed by atoms with van der Waals surface area (Å²) in [6, 6.07) is 17.5. The average molecular weight is 678 g/mol. The molecule has 0 unspecified atom stereocenters. The van der Waals surface area contributed by atoms with E-state index >= 15 is 0 Å². The third-order valence-electron chi connectivity index (χ3n) is 9.45. The van der Waals surface area contributed by atoms with E-state index in [0.29, 0.717) is 38.6 Å². The van der Waals surface area contributed by atoms with Crippen molar-refractivity contribution in [3.05, 3.63) is 71.8 Å². The molecule has 1 aliphatic heterocycles. The summed E-state index contributed by atoms with van der Waals surface area (Å²) in [6.07, 6.45) is 2.71. The van der Waals surface area contributed by atoms with Gasteiger partial charge in [-0.2, -0.15) is 0 Å². The zero-order chi connectivity index (χ0) is 36.0. The van der Waals surface area contributed by atoms with Crippen molar-refractivity contribution in [2.45, 2.75) is 95.7 Å². The number of benzene rings is 2. The number of nitrogens with zero attached hydrogens (tertiary/aromatic N) is 1. The summed E-state index contributed by atoms with van der Waals surface area (Å²) in [5.41, 5.74) is 18.4. The Bertz CT molecular complexity index is 1380. The van der Waals surface area contributed by atoms with E-state index in [9.17, 15) is 29.1 Å². The van der Waals surface area contributed by atoms with Crippen LogP contribution in [0.1, 0.15) is 88.8 Å². The van der Waals surface area contributed by atoms with Crippen molar-refractivity contribution in [2.24, 2.45) is 35.0 Å². The molecule has 1 fully saturated rings. The van der Waals surface area contributed by atoms with Crippen molar-refractivity contribution in [2.75, 3.05) is 19.6 Å². The molecule has 0 radical (unpaired) electrons. The van der Waals surface area contributed by atoms with Crippen molar-refractivity contribution in [3.8, 4) is 0 Å². The second kappa shape index (κ2) is 19.3. The second-order valence-electron chi connectivity index (χ2n) is 14.0. The van der Waals surface area contributed by atoms with Gasteiger partial charge in [0.15, 0.2) is 5.78 Å². The molecule has 49 heavy (non-hydrogen) atoms. The summed E-state index contributed by atoms with van der Waals surface area (Å²) in [7, 11) is 0. The van der Waals surface area contributed by atoms with Gasteiger partial charge in [-0.15, -0.1) is 0 Å². The number of likely N-dealkylation sites (tertiary alicyclic amines) is 1. The molecule has 1 saturated heterocycles. The van der Waals surface area contributed by atoms with Crippen LogP contribution in [0.25, 0.3) is 0 Å². The van der Waals surface area contributed by atoms with Crippen LogP contribution in [0, 0.1) is 17.8 Å². The number of carboxylic acids is 1. The maximum Gasteiger partial charge on any atom is 0.323 e. The Morgan fingerprint density at radius 3 is 2.06 bits per heavy atom. The monoisotopic (exact) mass is 677 g/mol. The van der Waals surface area contributed by atoms with Crippen LogP contribution in [-0.4, -0.2) is 70.6 Å². The lowest BCUT2D eigenvalue weighted by Crippen LogP contribution is -2.57. The number of amides is 2. The van der Waals surface area contributed by atoms with E-state index in [2.05, 4.69) is 5.32 Å². The van der Waals surface area contributed by atoms with Gasteiger partial charge in [0.2, 0.25) is 11.8 Å². The van der Waals surface area contributed by atoms with Crippen LogP contribution in [0.5, 0.6) is 0 Å². The van der Waals surface area contributed by atoms with Crippen molar-refractivity contribution in [1.29, 1.82) is 0 Å². The van der Waals surface area contributed by atoms with Crippen LogP contribution in [0.2, 0.25) is 0 Å². The van der Waals surface area contributed by atoms with Gasteiger partial charge in [0.05, 0.1) is 6.04 Å². The summed E-state index contributed by atoms with van der Waals surface area (Å²) in [6.45, 7) is 4.76. The molecule has 1 heterocycles. The Hall–Kier alpha value is -3.93. The van der Waals surface area contributed by atoms with Gasteiger partial charge in [-0.05, 0) is 62.1 Å². The highest BCUT2D eigenvalue weighted by Crippen LogP contribution is 2.26. The minimum absolute atomic E-state index is 0.0298. The third kappa shape index (κ3) is 12.5. The topological polar surface area (TPSA) is 199 Å². The van der Waals surface area contributed by atoms with Crippen LogP contribution < -0.4 is 22.5 Å². The van der Waals surface area contributed by atoms with E-state index in [1.54, 1.807) is 4.90 Å². The molecule has 2 aromatic rings. The molecule has 1 aliphatic rings. The molecule has 268 valence electrons. The number of piperidine rings is 1. The van der Waals surface area contributed by atoms with E-state index in [0.717, 1.165) is 11.1 Å². The molecule has 4 atom stereocenters. The highest BCUT2D eigenvalue weighted by atomic mass is 16.4. The van der Waals surface area contributed by atoms with Crippen LogP contribution >= 0.6 is 0 Å². The van der Waals surface area contributed by atoms with Gasteiger partial charge in [0.25, 0.3) is 0 Å². The first-order valence-electron chi connectivity index (χ1n) is 17.5. The standard InChI is InChI=1S/C38H55N5O6/c1-26(2)21-33(34(45)24-29(15-9-10-18-39)36(47)43-19-16-38(41,17-20-43)37(48)49)42-35(46)30(22-27-11-5-3-6-12-27)23-31(44)25-32(40)28-13-7-4-8-14-28/h3-8,11-14,26,29-30,32-33H,9-10,15-25,39-41H2,1-2H3,(H,42,46)(H,48,49)/t29-,30-,32+,33+/m0/s1. The van der Waals surface area contributed by atoms with Crippen molar-refractivity contribution >= 4 is 29.4 Å². The molecule has 2 amide bonds. The van der Waals surface area contributed by atoms with Crippen LogP contribution in [-0.2, 0) is 30.4 Å². The molecule has 11 heteroatoms. The predicted molar refractivity (Wildman–Crippen MR) is 189 cm³/mol. The second-order valence-corrected chi connectivity index (χ2v) is 14.0. The van der Waals surface area contributed by atoms with E-state index in [4.69, 9.17) is 17.2 Å². The molecule has 8 N–H and O–H groups in total. The zero-order valence-electron chi connectivity index (χ0n) is 29.0. The quantitative estimate of drug-likeness (QED) is 0.130. The van der Waals surface area contributed by atoms with Crippen molar-refractivity contribution < 1.29 is 29.1 Å². The number of hydrogen-bond donors (Lipinski definition) is 5. The van der Waals surface area contributed by atoms with Gasteiger partial charge in [-0.1, -0.05) is 80.9 Å². The first-order valence-corrected chi connectivity index (χ1v) is 17.5. The molecule has 3 rings (SSSR count). The number of unbranched alkanes of at least 4 members (excludes halogenated alkanes) is 1. The predicted octanol–water partition coefficient (Wildman–Crippen LogP) is 3.53. The maximum atomic E-state index is 14.0. The highest BCUT2D eigenvalue weighted by Gasteiger charge is 2.40. The molecular weight excluding hydrogens is 622 g/mol. The zero-order valence-corrected chi connectivity index (χ0v) is 29.0. The lowest BCUT2D eigenvalue weighted by molar-refractivity contribution is -0.149. The SMILES string of the molecule is CC(C)C[C@@H](NC(=O)[C@H](CC(=O)C[C@@H](N)c1ccccc1)Cc1ccccc1)C(=O)C[C@H](CCCCN)C(=O)N1CCC(N)(C(=O)O)CC1. The van der Waals surface area contributed by atoms with Gasteiger partial charge in [0.1, 0.15) is 11.3 Å². The minimum atomic E-state index is -1.38. The highest BCUT2D eigenvalue weighted by molar-refractivity contribution is 5.94. The number of ketones is 2. The van der Waals surface area contributed by atoms with E-state index in [1.807, 2.05) is 74.5 Å². The lowest BCUT2D eigenvalue weighted by atomic mass is 9.86. The molecule has 11 nitrogen and oxygen atoms in total. The summed E-state index contributed by atoms with van der Waals surface area (Å²) in [4.78, 5) is 68.1. The number of carbonyl (C=O) groups excluding carboxylic acids is 4. The molecule has 0 saturated carbocycles. The summed E-state index contributed by atoms with van der Waals surface area (Å²) in [5.74, 6) is -3.38. The molecule has 0 spiro atoms. The summed E-state index contributed by atoms with van der Waals surface area (Å²) < 4.78 is 0. The first kappa shape index (κ1) is 39.5. The number of carboxylic acid groups (broad SMARTS) is 1. The minimum Gasteiger partial charge on any atom is -0.480 e. The number of aliphatic carboxylic acids is 1. The fourth-order valence-corrected chi connectivity index (χ4v) is 6.44. The van der Waals surface area contributed by atoms with Crippen molar-refractivity contribution in [3.63, 3.8) is 0 Å². The third-order valence-corrected chi connectivity index (χ3v) is 9.45. The van der Waals surface area contributed by atoms with E-state index in [1.165, 1.54) is 0 Å². The lowest BCUT2D eigenvalue weighted by Gasteiger charge is -2.38. The summed E-state index contributed by atoms with van der Waals surface area (Å²) >= 11 is 0. The fourth-order valence-electron chi connectivity index (χ4n) is 6.44. The maximum absolute atomic E-state index is 14.0. The van der Waals surface area contributed by atoms with Gasteiger partial charge in [0, 0.05) is 50.2 Å². The first-order chi connectivity index (χ1) is 23.3. The number of Topliss-reactive ketones (excluding diaryl/α,β-unsaturated/α-hetero) is 2. The number of carbonyl (C=O) groups is 5. The molecule has 0 aliphatic carbocycles. The molecule has 2 aromatic carbocycles. The van der Waals surface area contributed by atoms with Crippen LogP contribution in [0.3, 0.4) is 0 Å². The van der Waals surface area contributed by atoms with E-state index in [-0.39, 0.29) is 74.5 Å². The number of hydrogen-bond acceptors (Lipinski definition) is 8. The normalized spacial score (nSPS) is 16.7. The number of nitrogens with two attached hydrogens (primary N) is 3. The Morgan fingerprint density at radius 1 is 0.878 bits per heavy atom. The Labute approximate surface area is 290 Å².